The summed E-state index contributed by atoms with van der Waals surface area (Å²) < 4.78 is 0. The van der Waals surface area contributed by atoms with Gasteiger partial charge in [-0.2, -0.15) is 0 Å². The predicted molar refractivity (Wildman–Crippen MR) is 82.4 cm³/mol. The average molecular weight is 292 g/mol. The Hall–Kier alpha value is -1.66. The topological polar surface area (TPSA) is 68.7 Å². The zero-order valence-electron chi connectivity index (χ0n) is 12.9. The molecule has 0 aromatic carbocycles. The number of amides is 1. The number of aromatic nitrogens is 1. The number of nitrogens with zero attached hydrogens (tertiary/aromatic N) is 3. The van der Waals surface area contributed by atoms with Crippen LogP contribution in [0.25, 0.3) is 0 Å². The van der Waals surface area contributed by atoms with E-state index < -0.39 is 6.10 Å². The molecule has 6 heteroatoms. The van der Waals surface area contributed by atoms with E-state index in [2.05, 4.69) is 10.3 Å². The molecule has 2 heterocycles. The lowest BCUT2D eigenvalue weighted by molar-refractivity contribution is 0.0700. The van der Waals surface area contributed by atoms with Gasteiger partial charge in [0.2, 0.25) is 0 Å². The van der Waals surface area contributed by atoms with E-state index in [4.69, 9.17) is 0 Å². The summed E-state index contributed by atoms with van der Waals surface area (Å²) in [4.78, 5) is 20.7. The molecular weight excluding hydrogens is 268 g/mol. The second kappa shape index (κ2) is 6.87. The highest BCUT2D eigenvalue weighted by Crippen LogP contribution is 2.24. The molecule has 1 saturated heterocycles. The summed E-state index contributed by atoms with van der Waals surface area (Å²) in [6.07, 6.45) is 3.49. The molecule has 116 valence electrons. The Morgan fingerprint density at radius 1 is 1.57 bits per heavy atom. The SMILES string of the molecule is CCNc1cnccc1C(=O)N1CC(O)CC1CN(C)C. The number of carbonyl (C=O) groups is 1. The summed E-state index contributed by atoms with van der Waals surface area (Å²) in [5, 5.41) is 13.1. The van der Waals surface area contributed by atoms with E-state index in [1.807, 2.05) is 25.9 Å². The monoisotopic (exact) mass is 292 g/mol. The molecule has 1 fully saturated rings. The zero-order chi connectivity index (χ0) is 15.4. The van der Waals surface area contributed by atoms with E-state index in [0.717, 1.165) is 18.8 Å². The molecular formula is C15H24N4O2. The van der Waals surface area contributed by atoms with Gasteiger partial charge in [0.25, 0.3) is 5.91 Å². The number of nitrogens with one attached hydrogen (secondary N) is 1. The van der Waals surface area contributed by atoms with E-state index in [9.17, 15) is 9.90 Å². The van der Waals surface area contributed by atoms with Crippen molar-refractivity contribution in [3.05, 3.63) is 24.0 Å². The summed E-state index contributed by atoms with van der Waals surface area (Å²) in [5.41, 5.74) is 1.36. The lowest BCUT2D eigenvalue weighted by atomic mass is 10.1. The minimum absolute atomic E-state index is 0.0447. The number of likely N-dealkylation sites (tertiary alicyclic amines) is 1. The normalized spacial score (nSPS) is 21.9. The molecule has 1 aliphatic rings. The van der Waals surface area contributed by atoms with Gasteiger partial charge in [0.1, 0.15) is 0 Å². The van der Waals surface area contributed by atoms with Gasteiger partial charge >= 0.3 is 0 Å². The third kappa shape index (κ3) is 3.71. The van der Waals surface area contributed by atoms with Crippen LogP contribution in [-0.2, 0) is 0 Å². The molecule has 0 aliphatic carbocycles. The zero-order valence-corrected chi connectivity index (χ0v) is 12.9. The van der Waals surface area contributed by atoms with Crippen LogP contribution < -0.4 is 5.32 Å². The van der Waals surface area contributed by atoms with Crippen LogP contribution in [0.3, 0.4) is 0 Å². The number of hydrogen-bond donors (Lipinski definition) is 2. The maximum Gasteiger partial charge on any atom is 0.256 e. The van der Waals surface area contributed by atoms with Crippen molar-refractivity contribution in [2.75, 3.05) is 39.0 Å². The second-order valence-electron chi connectivity index (χ2n) is 5.71. The second-order valence-corrected chi connectivity index (χ2v) is 5.71. The van der Waals surface area contributed by atoms with Gasteiger partial charge in [-0.25, -0.2) is 0 Å². The Labute approximate surface area is 125 Å². The quantitative estimate of drug-likeness (QED) is 0.834. The lowest BCUT2D eigenvalue weighted by Crippen LogP contribution is -2.41. The molecule has 1 amide bonds. The van der Waals surface area contributed by atoms with Crippen molar-refractivity contribution in [2.45, 2.75) is 25.5 Å². The number of hydrogen-bond acceptors (Lipinski definition) is 5. The first-order valence-electron chi connectivity index (χ1n) is 7.34. The number of β-amino-alcohol motifs (C(OH)–C–C–N with tert-alkyl or cyclic N) is 1. The Morgan fingerprint density at radius 3 is 3.00 bits per heavy atom. The fourth-order valence-corrected chi connectivity index (χ4v) is 2.80. The van der Waals surface area contributed by atoms with Gasteiger partial charge in [-0.3, -0.25) is 9.78 Å². The summed E-state index contributed by atoms with van der Waals surface area (Å²) in [6, 6.07) is 1.78. The summed E-state index contributed by atoms with van der Waals surface area (Å²) in [6.45, 7) is 3.86. The third-order valence-corrected chi connectivity index (χ3v) is 3.65. The summed E-state index contributed by atoms with van der Waals surface area (Å²) in [5.74, 6) is -0.0447. The van der Waals surface area contributed by atoms with Gasteiger partial charge in [0, 0.05) is 31.9 Å². The van der Waals surface area contributed by atoms with E-state index >= 15 is 0 Å². The fourth-order valence-electron chi connectivity index (χ4n) is 2.80. The number of pyridine rings is 1. The van der Waals surface area contributed by atoms with Gasteiger partial charge in [-0.15, -0.1) is 0 Å². The average Bonchev–Trinajstić information content (AvgIpc) is 2.79. The highest BCUT2D eigenvalue weighted by atomic mass is 16.3. The Kier molecular flexibility index (Phi) is 5.14. The van der Waals surface area contributed by atoms with Gasteiger partial charge in [0.05, 0.1) is 23.6 Å². The Bertz CT molecular complexity index is 492. The first kappa shape index (κ1) is 15.7. The lowest BCUT2D eigenvalue weighted by Gasteiger charge is -2.27. The van der Waals surface area contributed by atoms with Crippen molar-refractivity contribution in [3.8, 4) is 0 Å². The molecule has 0 radical (unpaired) electrons. The highest BCUT2D eigenvalue weighted by molar-refractivity contribution is 5.99. The van der Waals surface area contributed by atoms with Gasteiger partial charge in [-0.1, -0.05) is 0 Å². The van der Waals surface area contributed by atoms with Crippen molar-refractivity contribution in [3.63, 3.8) is 0 Å². The largest absolute Gasteiger partial charge is 0.391 e. The van der Waals surface area contributed by atoms with E-state index in [-0.39, 0.29) is 11.9 Å². The van der Waals surface area contributed by atoms with Crippen LogP contribution in [0.2, 0.25) is 0 Å². The molecule has 0 bridgehead atoms. The molecule has 0 saturated carbocycles. The number of likely N-dealkylation sites (N-methyl/N-ethyl adjacent to an activating group) is 1. The number of anilines is 1. The van der Waals surface area contributed by atoms with E-state index in [0.29, 0.717) is 18.5 Å². The van der Waals surface area contributed by atoms with Crippen molar-refractivity contribution in [2.24, 2.45) is 0 Å². The van der Waals surface area contributed by atoms with Gasteiger partial charge in [-0.05, 0) is 33.5 Å². The minimum atomic E-state index is -0.441. The molecule has 2 atom stereocenters. The molecule has 2 rings (SSSR count). The third-order valence-electron chi connectivity index (χ3n) is 3.65. The Morgan fingerprint density at radius 2 is 2.33 bits per heavy atom. The molecule has 2 unspecified atom stereocenters. The van der Waals surface area contributed by atoms with Crippen LogP contribution in [0, 0.1) is 0 Å². The van der Waals surface area contributed by atoms with Crippen LogP contribution in [0.5, 0.6) is 0 Å². The first-order valence-corrected chi connectivity index (χ1v) is 7.34. The van der Waals surface area contributed by atoms with Crippen LogP contribution >= 0.6 is 0 Å². The van der Waals surface area contributed by atoms with Crippen LogP contribution in [0.1, 0.15) is 23.7 Å². The number of aliphatic hydroxyl groups excluding tert-OH is 1. The Balaban J connectivity index is 2.21. The molecule has 6 nitrogen and oxygen atoms in total. The molecule has 1 aromatic heterocycles. The first-order chi connectivity index (χ1) is 10.0. The van der Waals surface area contributed by atoms with Crippen molar-refractivity contribution < 1.29 is 9.90 Å². The minimum Gasteiger partial charge on any atom is -0.391 e. The summed E-state index contributed by atoms with van der Waals surface area (Å²) in [7, 11) is 3.95. The molecule has 1 aliphatic heterocycles. The van der Waals surface area contributed by atoms with Crippen LogP contribution in [0.15, 0.2) is 18.5 Å². The van der Waals surface area contributed by atoms with Crippen molar-refractivity contribution in [1.29, 1.82) is 0 Å². The maximum absolute atomic E-state index is 12.8. The van der Waals surface area contributed by atoms with Crippen molar-refractivity contribution >= 4 is 11.6 Å². The highest BCUT2D eigenvalue weighted by Gasteiger charge is 2.35. The number of aliphatic hydroxyl groups is 1. The molecule has 21 heavy (non-hydrogen) atoms. The fraction of sp³-hybridized carbons (Fsp3) is 0.600. The van der Waals surface area contributed by atoms with Gasteiger partial charge in [0.15, 0.2) is 0 Å². The predicted octanol–water partition coefficient (Wildman–Crippen LogP) is 0.650. The van der Waals surface area contributed by atoms with Crippen LogP contribution in [-0.4, -0.2) is 71.7 Å². The molecule has 0 spiro atoms. The molecule has 2 N–H and O–H groups in total. The van der Waals surface area contributed by atoms with E-state index in [1.165, 1.54) is 0 Å². The summed E-state index contributed by atoms with van der Waals surface area (Å²) >= 11 is 0. The number of rotatable bonds is 5. The van der Waals surface area contributed by atoms with Crippen molar-refractivity contribution in [1.82, 2.24) is 14.8 Å². The van der Waals surface area contributed by atoms with Gasteiger partial charge < -0.3 is 20.2 Å². The smallest absolute Gasteiger partial charge is 0.256 e. The van der Waals surface area contributed by atoms with Crippen LogP contribution in [0.4, 0.5) is 5.69 Å². The number of carbonyl (C=O) groups excluding carboxylic acids is 1. The molecule has 1 aromatic rings. The standard InChI is InChI=1S/C15H24N4O2/c1-4-17-14-8-16-6-5-13(14)15(21)19-10-12(20)7-11(19)9-18(2)3/h5-6,8,11-12,17,20H,4,7,9-10H2,1-3H3. The van der Waals surface area contributed by atoms with E-state index in [1.54, 1.807) is 23.4 Å². The maximum atomic E-state index is 12.8.